The summed E-state index contributed by atoms with van der Waals surface area (Å²) in [7, 11) is 0. The molecule has 0 bridgehead atoms. The predicted molar refractivity (Wildman–Crippen MR) is 269 cm³/mol. The number of hydrogen-bond donors (Lipinski definition) is 0. The molecule has 3 aliphatic carbocycles. The molecule has 11 nitrogen and oxygen atoms in total. The molecular formula is C57H71NO10S. The van der Waals surface area contributed by atoms with Crippen LogP contribution in [0.3, 0.4) is 0 Å². The molecule has 0 N–H and O–H groups in total. The van der Waals surface area contributed by atoms with Crippen LogP contribution < -0.4 is 18.9 Å². The monoisotopic (exact) mass is 961 g/mol. The van der Waals surface area contributed by atoms with Gasteiger partial charge in [-0.1, -0.05) is 46.1 Å². The first-order valence-electron chi connectivity index (χ1n) is 25.9. The summed E-state index contributed by atoms with van der Waals surface area (Å²) in [5.41, 5.74) is 3.41. The molecule has 0 aliphatic heterocycles. The lowest BCUT2D eigenvalue weighted by atomic mass is 9.69. The lowest BCUT2D eigenvalue weighted by molar-refractivity contribution is -0.148. The molecule has 0 amide bonds. The summed E-state index contributed by atoms with van der Waals surface area (Å²) in [5, 5.41) is 1.60. The Hall–Kier alpha value is -5.23. The van der Waals surface area contributed by atoms with Crippen molar-refractivity contribution in [3.63, 3.8) is 0 Å². The first-order chi connectivity index (χ1) is 33.5. The largest absolute Gasteiger partial charge is 0.494 e. The normalized spacial score (nSPS) is 22.2. The smallest absolute Gasteiger partial charge is 0.314 e. The van der Waals surface area contributed by atoms with E-state index in [-0.39, 0.29) is 41.6 Å². The van der Waals surface area contributed by atoms with Crippen LogP contribution in [0.25, 0.3) is 32.0 Å². The minimum absolute atomic E-state index is 0.0540. The second kappa shape index (κ2) is 23.6. The van der Waals surface area contributed by atoms with Gasteiger partial charge in [-0.15, -0.1) is 11.3 Å². The highest BCUT2D eigenvalue weighted by atomic mass is 32.1. The highest BCUT2D eigenvalue weighted by Gasteiger charge is 2.35. The van der Waals surface area contributed by atoms with Crippen molar-refractivity contribution in [1.82, 2.24) is 4.98 Å². The van der Waals surface area contributed by atoms with E-state index in [1.54, 1.807) is 36.4 Å². The lowest BCUT2D eigenvalue weighted by Gasteiger charge is -2.37. The molecule has 0 spiro atoms. The van der Waals surface area contributed by atoms with Crippen LogP contribution >= 0.6 is 11.3 Å². The summed E-state index contributed by atoms with van der Waals surface area (Å²) in [6.07, 6.45) is 16.8. The summed E-state index contributed by atoms with van der Waals surface area (Å²) in [4.78, 5) is 57.7. The van der Waals surface area contributed by atoms with Crippen molar-refractivity contribution >= 4 is 56.4 Å². The molecule has 3 aromatic carbocycles. The van der Waals surface area contributed by atoms with Crippen LogP contribution in [0.2, 0.25) is 0 Å². The average Bonchev–Trinajstić information content (AvgIpc) is 4.02. The zero-order chi connectivity index (χ0) is 48.4. The SMILES string of the molecule is CCC1CCC(C2CCC(C(=O)Oc3ccc(OC(=O)C4CCC(C(=O)Oc5ccc(OCCCCCCOC(=O)C(C)CC)cc5)CC4)c4nc(-c5cc6c(C)cc(C)cc6o5)sc34)CC2)CC1. The van der Waals surface area contributed by atoms with Crippen molar-refractivity contribution in [1.29, 1.82) is 0 Å². The molecule has 1 atom stereocenters. The maximum Gasteiger partial charge on any atom is 0.314 e. The van der Waals surface area contributed by atoms with Gasteiger partial charge in [0.25, 0.3) is 0 Å². The number of aryl methyl sites for hydroxylation is 2. The third-order valence-electron chi connectivity index (χ3n) is 15.3. The van der Waals surface area contributed by atoms with Gasteiger partial charge in [0.15, 0.2) is 22.3 Å². The van der Waals surface area contributed by atoms with E-state index in [1.165, 1.54) is 43.4 Å². The molecule has 2 aromatic heterocycles. The third-order valence-corrected chi connectivity index (χ3v) is 16.4. The second-order valence-corrected chi connectivity index (χ2v) is 21.2. The van der Waals surface area contributed by atoms with Crippen molar-refractivity contribution in [2.45, 2.75) is 150 Å². The molecule has 3 aliphatic rings. The summed E-state index contributed by atoms with van der Waals surface area (Å²) in [6.45, 7) is 11.3. The number of carbonyl (C=O) groups excluding carboxylic acids is 4. The van der Waals surface area contributed by atoms with Crippen LogP contribution in [0.4, 0.5) is 0 Å². The number of esters is 4. The topological polar surface area (TPSA) is 140 Å². The van der Waals surface area contributed by atoms with E-state index >= 15 is 0 Å². The van der Waals surface area contributed by atoms with Gasteiger partial charge in [-0.25, -0.2) is 4.98 Å². The Morgan fingerprint density at radius 2 is 1.23 bits per heavy atom. The highest BCUT2D eigenvalue weighted by Crippen LogP contribution is 2.45. The Morgan fingerprint density at radius 3 is 1.87 bits per heavy atom. The van der Waals surface area contributed by atoms with E-state index in [4.69, 9.17) is 33.1 Å². The fraction of sp³-hybridized carbons (Fsp3) is 0.561. The third kappa shape index (κ3) is 12.8. The fourth-order valence-corrected chi connectivity index (χ4v) is 11.7. The number of carbonyl (C=O) groups is 4. The average molecular weight is 962 g/mol. The number of nitrogens with zero attached hydrogens (tertiary/aromatic N) is 1. The molecule has 69 heavy (non-hydrogen) atoms. The lowest BCUT2D eigenvalue weighted by Crippen LogP contribution is -2.30. The molecule has 8 rings (SSSR count). The number of unbranched alkanes of at least 4 members (excludes halogenated alkanes) is 3. The van der Waals surface area contributed by atoms with E-state index in [0.29, 0.717) is 88.8 Å². The van der Waals surface area contributed by atoms with Crippen LogP contribution in [0.15, 0.2) is 59.0 Å². The minimum atomic E-state index is -0.401. The molecular weight excluding hydrogens is 891 g/mol. The van der Waals surface area contributed by atoms with Gasteiger partial charge in [-0.2, -0.15) is 0 Å². The zero-order valence-electron chi connectivity index (χ0n) is 41.3. The van der Waals surface area contributed by atoms with Gasteiger partial charge in [0.1, 0.15) is 27.3 Å². The van der Waals surface area contributed by atoms with Crippen LogP contribution in [0, 0.1) is 55.3 Å². The minimum Gasteiger partial charge on any atom is -0.494 e. The van der Waals surface area contributed by atoms with Gasteiger partial charge < -0.3 is 28.1 Å². The maximum atomic E-state index is 13.8. The number of ether oxygens (including phenoxy) is 5. The molecule has 1 unspecified atom stereocenters. The van der Waals surface area contributed by atoms with Crippen LogP contribution in [0.1, 0.15) is 147 Å². The number of benzene rings is 3. The molecule has 3 fully saturated rings. The molecule has 0 radical (unpaired) electrons. The summed E-state index contributed by atoms with van der Waals surface area (Å²) < 4.78 is 36.3. The number of furan rings is 1. The number of aromatic nitrogens is 1. The molecule has 370 valence electrons. The Morgan fingerprint density at radius 1 is 0.667 bits per heavy atom. The van der Waals surface area contributed by atoms with Gasteiger partial charge in [0.05, 0.1) is 36.9 Å². The molecule has 12 heteroatoms. The van der Waals surface area contributed by atoms with Gasteiger partial charge in [0, 0.05) is 5.39 Å². The van der Waals surface area contributed by atoms with Crippen LogP contribution in [-0.4, -0.2) is 42.1 Å². The van der Waals surface area contributed by atoms with E-state index in [1.807, 2.05) is 32.9 Å². The number of hydrogen-bond acceptors (Lipinski definition) is 12. The van der Waals surface area contributed by atoms with Crippen molar-refractivity contribution < 1.29 is 47.3 Å². The van der Waals surface area contributed by atoms with Crippen molar-refractivity contribution in [3.8, 4) is 33.8 Å². The Balaban J connectivity index is 0.845. The van der Waals surface area contributed by atoms with Crippen LogP contribution in [-0.2, 0) is 23.9 Å². The number of thiazole rings is 1. The first kappa shape index (κ1) is 50.2. The number of fused-ring (bicyclic) bond motifs is 2. The Bertz CT molecular complexity index is 2540. The Kier molecular flexibility index (Phi) is 17.1. The summed E-state index contributed by atoms with van der Waals surface area (Å²) >= 11 is 1.36. The maximum absolute atomic E-state index is 13.8. The summed E-state index contributed by atoms with van der Waals surface area (Å²) in [5.74, 6) is 2.81. The molecule has 0 saturated heterocycles. The Labute approximate surface area is 411 Å². The fourth-order valence-electron chi connectivity index (χ4n) is 10.7. The van der Waals surface area contributed by atoms with E-state index in [2.05, 4.69) is 19.9 Å². The van der Waals surface area contributed by atoms with Crippen molar-refractivity contribution in [3.05, 3.63) is 65.7 Å². The van der Waals surface area contributed by atoms with Gasteiger partial charge in [-0.3, -0.25) is 19.2 Å². The van der Waals surface area contributed by atoms with Gasteiger partial charge in [0.2, 0.25) is 0 Å². The van der Waals surface area contributed by atoms with E-state index in [9.17, 15) is 19.2 Å². The van der Waals surface area contributed by atoms with Crippen molar-refractivity contribution in [2.24, 2.45) is 41.4 Å². The molecule has 2 heterocycles. The molecule has 3 saturated carbocycles. The van der Waals surface area contributed by atoms with Crippen LogP contribution in [0.5, 0.6) is 23.0 Å². The van der Waals surface area contributed by atoms with Gasteiger partial charge in [-0.05, 0) is 188 Å². The predicted octanol–water partition coefficient (Wildman–Crippen LogP) is 14.1. The van der Waals surface area contributed by atoms with Gasteiger partial charge >= 0.3 is 23.9 Å². The summed E-state index contributed by atoms with van der Waals surface area (Å²) in [6, 6.07) is 16.6. The number of rotatable bonds is 19. The second-order valence-electron chi connectivity index (χ2n) is 20.2. The van der Waals surface area contributed by atoms with E-state index < -0.39 is 5.92 Å². The highest BCUT2D eigenvalue weighted by molar-refractivity contribution is 7.22. The zero-order valence-corrected chi connectivity index (χ0v) is 42.1. The van der Waals surface area contributed by atoms with E-state index in [0.717, 1.165) is 91.7 Å². The molecule has 5 aromatic rings. The first-order valence-corrected chi connectivity index (χ1v) is 26.8. The standard InChI is InChI=1S/C57H71NO10S/c1-6-36(4)54(59)64-31-11-9-8-10-30-63-44-24-26-45(27-25-44)65-55(60)41-20-22-43(23-21-41)56(61)67-47-28-29-48(68-57(62)42-18-16-40(17-19-42)39-14-12-38(7-2)13-15-39)52-51(47)58-53(69-52)50-34-46-37(5)32-35(3)33-49(46)66-50/h24-29,32-34,36,38-43H,6-23,30-31H2,1-5H3. The quantitative estimate of drug-likeness (QED) is 0.0444. The van der Waals surface area contributed by atoms with Crippen molar-refractivity contribution in [2.75, 3.05) is 13.2 Å².